The van der Waals surface area contributed by atoms with E-state index < -0.39 is 0 Å². The van der Waals surface area contributed by atoms with Crippen LogP contribution in [0.25, 0.3) is 22.3 Å². The number of benzene rings is 1. The lowest BCUT2D eigenvalue weighted by Gasteiger charge is -2.11. The van der Waals surface area contributed by atoms with Gasteiger partial charge in [-0.05, 0) is 59.9 Å². The normalized spacial score (nSPS) is 12.6. The first-order valence-electron chi connectivity index (χ1n) is 8.64. The molecule has 6 heteroatoms. The number of carbonyl (C=O) groups is 1. The predicted molar refractivity (Wildman–Crippen MR) is 98.7 cm³/mol. The zero-order valence-electron chi connectivity index (χ0n) is 14.0. The summed E-state index contributed by atoms with van der Waals surface area (Å²) in [6.07, 6.45) is 7.25. The number of aryl methyl sites for hydroxylation is 2. The van der Waals surface area contributed by atoms with Crippen molar-refractivity contribution in [1.82, 2.24) is 25.5 Å². The maximum Gasteiger partial charge on any atom is 0.251 e. The Morgan fingerprint density at radius 1 is 1.12 bits per heavy atom. The van der Waals surface area contributed by atoms with Gasteiger partial charge in [0, 0.05) is 35.4 Å². The second kappa shape index (κ2) is 5.84. The highest BCUT2D eigenvalue weighted by Crippen LogP contribution is 2.36. The van der Waals surface area contributed by atoms with Gasteiger partial charge in [-0.3, -0.25) is 14.9 Å². The summed E-state index contributed by atoms with van der Waals surface area (Å²) in [5, 5.41) is 11.3. The summed E-state index contributed by atoms with van der Waals surface area (Å²) >= 11 is 0. The fourth-order valence-electron chi connectivity index (χ4n) is 3.62. The van der Waals surface area contributed by atoms with Gasteiger partial charge in [-0.15, -0.1) is 0 Å². The van der Waals surface area contributed by atoms with E-state index in [-0.39, 0.29) is 5.91 Å². The number of amides is 1. The molecule has 26 heavy (non-hydrogen) atoms. The van der Waals surface area contributed by atoms with Crippen LogP contribution in [-0.2, 0) is 19.4 Å². The zero-order chi connectivity index (χ0) is 17.5. The van der Waals surface area contributed by atoms with Crippen LogP contribution < -0.4 is 5.32 Å². The van der Waals surface area contributed by atoms with Crippen LogP contribution in [0.15, 0.2) is 48.9 Å². The maximum atomic E-state index is 12.6. The highest BCUT2D eigenvalue weighted by atomic mass is 16.1. The standard InChI is InChI=1S/C20H17N5O/c26-20(22-10-12-5-7-21-8-6-12)13-2-4-17-16(9-13)15-3-1-14-11-23-25-18(14)19(15)24-17/h2,4-9,11,24H,1,3,10H2,(H,22,26)(H,23,25). The van der Waals surface area contributed by atoms with Crippen molar-refractivity contribution in [3.8, 4) is 11.4 Å². The maximum absolute atomic E-state index is 12.6. The van der Waals surface area contributed by atoms with Gasteiger partial charge >= 0.3 is 0 Å². The largest absolute Gasteiger partial charge is 0.353 e. The van der Waals surface area contributed by atoms with E-state index >= 15 is 0 Å². The third-order valence-electron chi connectivity index (χ3n) is 4.98. The van der Waals surface area contributed by atoms with Gasteiger partial charge in [0.15, 0.2) is 0 Å². The molecule has 4 aromatic rings. The molecule has 0 unspecified atom stereocenters. The molecule has 0 aliphatic heterocycles. The smallest absolute Gasteiger partial charge is 0.251 e. The molecule has 0 saturated heterocycles. The van der Waals surface area contributed by atoms with Crippen molar-refractivity contribution < 1.29 is 4.79 Å². The number of pyridine rings is 1. The minimum absolute atomic E-state index is 0.0725. The van der Waals surface area contributed by atoms with Gasteiger partial charge in [-0.25, -0.2) is 0 Å². The van der Waals surface area contributed by atoms with Gasteiger partial charge in [0.25, 0.3) is 5.91 Å². The van der Waals surface area contributed by atoms with E-state index in [1.54, 1.807) is 12.4 Å². The van der Waals surface area contributed by atoms with Crippen LogP contribution in [0, 0.1) is 0 Å². The van der Waals surface area contributed by atoms with E-state index in [2.05, 4.69) is 25.5 Å². The summed E-state index contributed by atoms with van der Waals surface area (Å²) in [4.78, 5) is 20.0. The highest BCUT2D eigenvalue weighted by molar-refractivity contribution is 6.00. The minimum Gasteiger partial charge on any atom is -0.353 e. The number of nitrogens with zero attached hydrogens (tertiary/aromatic N) is 2. The summed E-state index contributed by atoms with van der Waals surface area (Å²) in [7, 11) is 0. The number of hydrogen-bond acceptors (Lipinski definition) is 3. The molecular formula is C20H17N5O. The summed E-state index contributed by atoms with van der Waals surface area (Å²) in [6, 6.07) is 9.61. The molecule has 1 aliphatic carbocycles. The Labute approximate surface area is 149 Å². The van der Waals surface area contributed by atoms with Crippen LogP contribution in [-0.4, -0.2) is 26.1 Å². The first kappa shape index (κ1) is 14.9. The summed E-state index contributed by atoms with van der Waals surface area (Å²) in [6.45, 7) is 0.488. The molecule has 0 saturated carbocycles. The number of nitrogens with one attached hydrogen (secondary N) is 3. The van der Waals surface area contributed by atoms with Crippen LogP contribution in [0.1, 0.15) is 27.0 Å². The van der Waals surface area contributed by atoms with Crippen molar-refractivity contribution in [2.75, 3.05) is 0 Å². The number of carbonyl (C=O) groups excluding carboxylic acids is 1. The monoisotopic (exact) mass is 343 g/mol. The van der Waals surface area contributed by atoms with Crippen molar-refractivity contribution >= 4 is 16.8 Å². The van der Waals surface area contributed by atoms with Gasteiger partial charge in [0.05, 0.1) is 17.6 Å². The van der Waals surface area contributed by atoms with Gasteiger partial charge in [0.1, 0.15) is 0 Å². The molecular weight excluding hydrogens is 326 g/mol. The van der Waals surface area contributed by atoms with Crippen LogP contribution in [0.5, 0.6) is 0 Å². The van der Waals surface area contributed by atoms with Crippen molar-refractivity contribution in [1.29, 1.82) is 0 Å². The van der Waals surface area contributed by atoms with Crippen LogP contribution >= 0.6 is 0 Å². The zero-order valence-corrected chi connectivity index (χ0v) is 14.0. The predicted octanol–water partition coefficient (Wildman–Crippen LogP) is 2.98. The Bertz CT molecular complexity index is 1110. The first-order chi connectivity index (χ1) is 12.8. The van der Waals surface area contributed by atoms with Crippen LogP contribution in [0.2, 0.25) is 0 Å². The molecule has 3 N–H and O–H groups in total. The topological polar surface area (TPSA) is 86.5 Å². The Morgan fingerprint density at radius 3 is 2.88 bits per heavy atom. The number of rotatable bonds is 3. The van der Waals surface area contributed by atoms with E-state index in [4.69, 9.17) is 0 Å². The van der Waals surface area contributed by atoms with Gasteiger partial charge in [-0.1, -0.05) is 0 Å². The number of aromatic nitrogens is 4. The van der Waals surface area contributed by atoms with Crippen LogP contribution in [0.4, 0.5) is 0 Å². The lowest BCUT2D eigenvalue weighted by Crippen LogP contribution is -2.22. The average Bonchev–Trinajstić information content (AvgIpc) is 3.30. The van der Waals surface area contributed by atoms with Crippen molar-refractivity contribution in [2.24, 2.45) is 0 Å². The van der Waals surface area contributed by atoms with Crippen molar-refractivity contribution in [3.05, 3.63) is 71.2 Å². The van der Waals surface area contributed by atoms with Crippen molar-refractivity contribution in [3.63, 3.8) is 0 Å². The van der Waals surface area contributed by atoms with E-state index in [9.17, 15) is 4.79 Å². The van der Waals surface area contributed by atoms with E-state index in [1.165, 1.54) is 11.1 Å². The molecule has 0 atom stereocenters. The second-order valence-corrected chi connectivity index (χ2v) is 6.55. The molecule has 0 fully saturated rings. The molecule has 1 aliphatic rings. The molecule has 1 amide bonds. The van der Waals surface area contributed by atoms with E-state index in [0.717, 1.165) is 40.7 Å². The molecule has 5 rings (SSSR count). The summed E-state index contributed by atoms with van der Waals surface area (Å²) < 4.78 is 0. The molecule has 1 aromatic carbocycles. The number of hydrogen-bond donors (Lipinski definition) is 3. The Morgan fingerprint density at radius 2 is 2.00 bits per heavy atom. The summed E-state index contributed by atoms with van der Waals surface area (Å²) in [5.41, 5.74) is 7.38. The molecule has 128 valence electrons. The SMILES string of the molecule is O=C(NCc1ccncc1)c1ccc2[nH]c3c(c2c1)CCc1cn[nH]c1-3. The molecule has 6 nitrogen and oxygen atoms in total. The van der Waals surface area contributed by atoms with Gasteiger partial charge in [0.2, 0.25) is 0 Å². The Hall–Kier alpha value is -3.41. The number of fused-ring (bicyclic) bond motifs is 5. The highest BCUT2D eigenvalue weighted by Gasteiger charge is 2.22. The molecule has 3 aromatic heterocycles. The van der Waals surface area contributed by atoms with Gasteiger partial charge in [-0.2, -0.15) is 5.10 Å². The fraction of sp³-hybridized carbons (Fsp3) is 0.150. The molecule has 0 bridgehead atoms. The third kappa shape index (κ3) is 2.38. The second-order valence-electron chi connectivity index (χ2n) is 6.55. The van der Waals surface area contributed by atoms with Gasteiger partial charge < -0.3 is 10.3 Å². The average molecular weight is 343 g/mol. The number of aromatic amines is 2. The quantitative estimate of drug-likeness (QED) is 0.534. The third-order valence-corrected chi connectivity index (χ3v) is 4.98. The minimum atomic E-state index is -0.0725. The molecule has 0 spiro atoms. The van der Waals surface area contributed by atoms with Crippen LogP contribution in [0.3, 0.4) is 0 Å². The lowest BCUT2D eigenvalue weighted by atomic mass is 9.93. The first-order valence-corrected chi connectivity index (χ1v) is 8.64. The van der Waals surface area contributed by atoms with E-state index in [0.29, 0.717) is 12.1 Å². The van der Waals surface area contributed by atoms with Crippen molar-refractivity contribution in [2.45, 2.75) is 19.4 Å². The Balaban J connectivity index is 1.46. The lowest BCUT2D eigenvalue weighted by molar-refractivity contribution is 0.0951. The summed E-state index contributed by atoms with van der Waals surface area (Å²) in [5.74, 6) is -0.0725. The molecule has 3 heterocycles. The number of H-pyrrole nitrogens is 2. The fourth-order valence-corrected chi connectivity index (χ4v) is 3.62. The Kier molecular flexibility index (Phi) is 3.35. The van der Waals surface area contributed by atoms with E-state index in [1.807, 2.05) is 36.5 Å². The molecule has 0 radical (unpaired) electrons.